The number of aromatic nitrogens is 2. The van der Waals surface area contributed by atoms with Gasteiger partial charge in [0.25, 0.3) is 0 Å². The predicted molar refractivity (Wildman–Crippen MR) is 119 cm³/mol. The molecule has 1 aliphatic heterocycles. The largest absolute Gasteiger partial charge is 0.477 e. The summed E-state index contributed by atoms with van der Waals surface area (Å²) in [6, 6.07) is -0.0213. The molecule has 3 aliphatic rings. The van der Waals surface area contributed by atoms with E-state index < -0.39 is 12.1 Å². The zero-order chi connectivity index (χ0) is 22.0. The normalized spacial score (nSPS) is 31.7. The number of aromatic carboxylic acids is 1. The molecule has 1 aromatic rings. The molecule has 4 rings (SSSR count). The first kappa shape index (κ1) is 22.1. The average molecular weight is 430 g/mol. The van der Waals surface area contributed by atoms with Crippen molar-refractivity contribution in [2.24, 2.45) is 17.8 Å². The number of nitrogens with one attached hydrogen (secondary N) is 1. The molecule has 0 spiro atoms. The molecule has 0 amide bonds. The number of carbonyl (C=O) groups is 2. The first-order chi connectivity index (χ1) is 14.9. The topological polar surface area (TPSA) is 93.5 Å². The van der Waals surface area contributed by atoms with Gasteiger partial charge in [-0.25, -0.2) is 9.48 Å². The number of Topliss-reactive ketones (excluding diaryl/α,β-unsaturated/α-hetero) is 1. The summed E-state index contributed by atoms with van der Waals surface area (Å²) in [5.74, 6) is 1.09. The third-order valence-electron chi connectivity index (χ3n) is 7.25. The molecule has 0 radical (unpaired) electrons. The van der Waals surface area contributed by atoms with Crippen LogP contribution in [0.1, 0.15) is 82.0 Å². The summed E-state index contributed by atoms with van der Waals surface area (Å²) in [7, 11) is 0. The fourth-order valence-electron chi connectivity index (χ4n) is 5.07. The van der Waals surface area contributed by atoms with E-state index in [4.69, 9.17) is 4.74 Å². The number of carbonyl (C=O) groups excluding carboxylic acids is 1. The maximum Gasteiger partial charge on any atom is 0.341 e. The van der Waals surface area contributed by atoms with E-state index in [1.165, 1.54) is 0 Å². The molecule has 0 aromatic carbocycles. The summed E-state index contributed by atoms with van der Waals surface area (Å²) in [6.07, 6.45) is 11.8. The van der Waals surface area contributed by atoms with E-state index in [1.54, 1.807) is 10.9 Å². The van der Waals surface area contributed by atoms with Gasteiger partial charge in [0.15, 0.2) is 11.6 Å². The maximum absolute atomic E-state index is 13.0. The fraction of sp³-hybridized carbons (Fsp3) is 0.708. The van der Waals surface area contributed by atoms with Gasteiger partial charge in [-0.1, -0.05) is 32.8 Å². The van der Waals surface area contributed by atoms with Crippen molar-refractivity contribution in [3.8, 4) is 0 Å². The Labute approximate surface area is 184 Å². The van der Waals surface area contributed by atoms with Crippen LogP contribution in [-0.4, -0.2) is 45.4 Å². The second-order valence-corrected chi connectivity index (χ2v) is 9.80. The van der Waals surface area contributed by atoms with Crippen molar-refractivity contribution >= 4 is 23.3 Å². The molecule has 7 nitrogen and oxygen atoms in total. The quantitative estimate of drug-likeness (QED) is 0.687. The molecular weight excluding hydrogens is 394 g/mol. The number of hydrogen-bond acceptors (Lipinski definition) is 5. The summed E-state index contributed by atoms with van der Waals surface area (Å²) in [4.78, 5) is 24.8. The highest BCUT2D eigenvalue weighted by Gasteiger charge is 2.35. The predicted octanol–water partition coefficient (Wildman–Crippen LogP) is 4.60. The van der Waals surface area contributed by atoms with Crippen molar-refractivity contribution < 1.29 is 19.4 Å². The number of allylic oxidation sites excluding steroid dienone is 2. The van der Waals surface area contributed by atoms with Gasteiger partial charge >= 0.3 is 5.97 Å². The Kier molecular flexibility index (Phi) is 6.80. The van der Waals surface area contributed by atoms with E-state index in [2.05, 4.69) is 30.3 Å². The summed E-state index contributed by atoms with van der Waals surface area (Å²) in [5, 5.41) is 17.6. The van der Waals surface area contributed by atoms with Crippen LogP contribution in [0.15, 0.2) is 12.3 Å². The highest BCUT2D eigenvalue weighted by molar-refractivity contribution is 5.93. The Bertz CT molecular complexity index is 838. The van der Waals surface area contributed by atoms with Gasteiger partial charge in [0.1, 0.15) is 11.7 Å². The van der Waals surface area contributed by atoms with E-state index in [0.717, 1.165) is 57.1 Å². The number of rotatable bonds is 6. The lowest BCUT2D eigenvalue weighted by atomic mass is 9.78. The molecule has 2 aliphatic carbocycles. The molecule has 2 fully saturated rings. The fourth-order valence-corrected chi connectivity index (χ4v) is 5.07. The molecule has 7 heteroatoms. The van der Waals surface area contributed by atoms with Gasteiger partial charge in [-0.3, -0.25) is 4.79 Å². The van der Waals surface area contributed by atoms with E-state index in [9.17, 15) is 14.7 Å². The zero-order valence-electron chi connectivity index (χ0n) is 18.7. The molecule has 170 valence electrons. The SMILES string of the molecule is CC1CC=C(n2cc(C(=O)O)c(NC3CCOC(C(=O)C4CCC(C)CC4)C3)n2)CC1. The summed E-state index contributed by atoms with van der Waals surface area (Å²) >= 11 is 0. The minimum atomic E-state index is -0.991. The number of anilines is 1. The van der Waals surface area contributed by atoms with Gasteiger partial charge in [-0.15, -0.1) is 5.10 Å². The first-order valence-corrected chi connectivity index (χ1v) is 11.8. The number of carboxylic acid groups (broad SMARTS) is 1. The third-order valence-corrected chi connectivity index (χ3v) is 7.25. The molecule has 2 heterocycles. The second-order valence-electron chi connectivity index (χ2n) is 9.80. The summed E-state index contributed by atoms with van der Waals surface area (Å²) < 4.78 is 7.55. The van der Waals surface area contributed by atoms with Gasteiger partial charge in [0, 0.05) is 36.9 Å². The minimum absolute atomic E-state index is 0.0213. The molecule has 0 bridgehead atoms. The molecule has 3 unspecified atom stereocenters. The minimum Gasteiger partial charge on any atom is -0.477 e. The summed E-state index contributed by atoms with van der Waals surface area (Å²) in [5.41, 5.74) is 1.23. The standard InChI is InChI=1S/C24H35N3O4/c1-15-3-7-17(8-4-15)22(28)21-13-18(11-12-31-21)25-23-20(24(29)30)14-27(26-23)19-9-5-16(2)6-10-19/h9,14-18,21H,3-8,10-13H2,1-2H3,(H,25,26)(H,29,30). The van der Waals surface area contributed by atoms with Crippen molar-refractivity contribution in [2.75, 3.05) is 11.9 Å². The Morgan fingerprint density at radius 3 is 2.58 bits per heavy atom. The van der Waals surface area contributed by atoms with Gasteiger partial charge in [-0.2, -0.15) is 0 Å². The van der Waals surface area contributed by atoms with Crippen LogP contribution in [0.25, 0.3) is 5.70 Å². The molecule has 2 N–H and O–H groups in total. The van der Waals surface area contributed by atoms with Crippen molar-refractivity contribution in [1.82, 2.24) is 9.78 Å². The lowest BCUT2D eigenvalue weighted by molar-refractivity contribution is -0.138. The average Bonchev–Trinajstić information content (AvgIpc) is 3.18. The van der Waals surface area contributed by atoms with E-state index in [1.807, 2.05) is 0 Å². The van der Waals surface area contributed by atoms with E-state index in [0.29, 0.717) is 30.7 Å². The van der Waals surface area contributed by atoms with Crippen LogP contribution < -0.4 is 5.32 Å². The Hall–Kier alpha value is -2.15. The molecule has 3 atom stereocenters. The number of carboxylic acids is 1. The molecule has 31 heavy (non-hydrogen) atoms. The van der Waals surface area contributed by atoms with Crippen LogP contribution in [0.5, 0.6) is 0 Å². The number of hydrogen-bond donors (Lipinski definition) is 2. The van der Waals surface area contributed by atoms with Crippen LogP contribution >= 0.6 is 0 Å². The molecule has 1 aromatic heterocycles. The van der Waals surface area contributed by atoms with Crippen LogP contribution in [-0.2, 0) is 9.53 Å². The van der Waals surface area contributed by atoms with Crippen LogP contribution in [0.4, 0.5) is 5.82 Å². The lowest BCUT2D eigenvalue weighted by Crippen LogP contribution is -2.41. The van der Waals surface area contributed by atoms with Crippen molar-refractivity contribution in [1.29, 1.82) is 0 Å². The summed E-state index contributed by atoms with van der Waals surface area (Å²) in [6.45, 7) is 4.98. The zero-order valence-corrected chi connectivity index (χ0v) is 18.7. The van der Waals surface area contributed by atoms with Crippen molar-refractivity contribution in [3.05, 3.63) is 17.8 Å². The van der Waals surface area contributed by atoms with E-state index >= 15 is 0 Å². The number of nitrogens with zero attached hydrogens (tertiary/aromatic N) is 2. The highest BCUT2D eigenvalue weighted by Crippen LogP contribution is 2.32. The third kappa shape index (κ3) is 5.20. The lowest BCUT2D eigenvalue weighted by Gasteiger charge is -2.33. The Morgan fingerprint density at radius 1 is 1.13 bits per heavy atom. The smallest absolute Gasteiger partial charge is 0.341 e. The van der Waals surface area contributed by atoms with Gasteiger partial charge in [0.2, 0.25) is 0 Å². The Morgan fingerprint density at radius 2 is 1.90 bits per heavy atom. The molecular formula is C24H35N3O4. The number of ketones is 1. The number of ether oxygens (including phenoxy) is 1. The van der Waals surface area contributed by atoms with Crippen LogP contribution in [0.3, 0.4) is 0 Å². The van der Waals surface area contributed by atoms with E-state index in [-0.39, 0.29) is 23.3 Å². The van der Waals surface area contributed by atoms with Gasteiger partial charge in [-0.05, 0) is 50.4 Å². The van der Waals surface area contributed by atoms with Gasteiger partial charge in [0.05, 0.1) is 0 Å². The van der Waals surface area contributed by atoms with Crippen molar-refractivity contribution in [2.45, 2.75) is 83.8 Å². The van der Waals surface area contributed by atoms with Crippen molar-refractivity contribution in [3.63, 3.8) is 0 Å². The second kappa shape index (κ2) is 9.55. The molecule has 1 saturated heterocycles. The maximum atomic E-state index is 13.0. The van der Waals surface area contributed by atoms with Gasteiger partial charge < -0.3 is 15.2 Å². The first-order valence-electron chi connectivity index (χ1n) is 11.8. The highest BCUT2D eigenvalue weighted by atomic mass is 16.5. The van der Waals surface area contributed by atoms with Crippen LogP contribution in [0.2, 0.25) is 0 Å². The van der Waals surface area contributed by atoms with Crippen LogP contribution in [0, 0.1) is 17.8 Å². The Balaban J connectivity index is 1.43. The molecule has 1 saturated carbocycles. The monoisotopic (exact) mass is 429 g/mol.